The summed E-state index contributed by atoms with van der Waals surface area (Å²) in [7, 11) is 0. The van der Waals surface area contributed by atoms with Gasteiger partial charge in [0.25, 0.3) is 0 Å². The minimum atomic E-state index is -1.10. The van der Waals surface area contributed by atoms with E-state index in [1.54, 1.807) is 24.3 Å². The van der Waals surface area contributed by atoms with Crippen LogP contribution in [0.2, 0.25) is 0 Å². The molecule has 0 aliphatic rings. The molecule has 4 heteroatoms. The van der Waals surface area contributed by atoms with E-state index in [9.17, 15) is 13.6 Å². The van der Waals surface area contributed by atoms with Gasteiger partial charge in [-0.05, 0) is 30.7 Å². The van der Waals surface area contributed by atoms with Crippen molar-refractivity contribution in [1.82, 2.24) is 0 Å². The van der Waals surface area contributed by atoms with Crippen molar-refractivity contribution >= 4 is 21.7 Å². The van der Waals surface area contributed by atoms with E-state index in [1.807, 2.05) is 0 Å². The monoisotopic (exact) mass is 310 g/mol. The molecule has 0 aliphatic carbocycles. The third kappa shape index (κ3) is 2.20. The molecule has 92 valence electrons. The highest BCUT2D eigenvalue weighted by molar-refractivity contribution is 9.10. The maximum Gasteiger partial charge on any atom is 0.197 e. The third-order valence-corrected chi connectivity index (χ3v) is 3.33. The Kier molecular flexibility index (Phi) is 3.57. The van der Waals surface area contributed by atoms with Crippen LogP contribution in [0.4, 0.5) is 8.78 Å². The van der Waals surface area contributed by atoms with Crippen LogP contribution in [0.3, 0.4) is 0 Å². The summed E-state index contributed by atoms with van der Waals surface area (Å²) >= 11 is 3.21. The second-order valence-electron chi connectivity index (χ2n) is 3.87. The lowest BCUT2D eigenvalue weighted by Gasteiger charge is -2.06. The van der Waals surface area contributed by atoms with Crippen molar-refractivity contribution in [3.05, 3.63) is 69.2 Å². The van der Waals surface area contributed by atoms with Crippen LogP contribution in [0.25, 0.3) is 0 Å². The summed E-state index contributed by atoms with van der Waals surface area (Å²) in [5, 5.41) is 0. The molecule has 0 saturated heterocycles. The lowest BCUT2D eigenvalue weighted by atomic mass is 10.0. The summed E-state index contributed by atoms with van der Waals surface area (Å²) in [5.41, 5.74) is 0.223. The average Bonchev–Trinajstić information content (AvgIpc) is 2.36. The zero-order valence-corrected chi connectivity index (χ0v) is 11.1. The first kappa shape index (κ1) is 12.9. The van der Waals surface area contributed by atoms with E-state index in [0.29, 0.717) is 10.0 Å². The zero-order chi connectivity index (χ0) is 13.3. The van der Waals surface area contributed by atoms with E-state index >= 15 is 0 Å². The summed E-state index contributed by atoms with van der Waals surface area (Å²) in [6, 6.07) is 9.34. The van der Waals surface area contributed by atoms with Crippen LogP contribution in [-0.2, 0) is 0 Å². The Hall–Kier alpha value is -1.55. The maximum atomic E-state index is 13.7. The molecule has 18 heavy (non-hydrogen) atoms. The van der Waals surface area contributed by atoms with E-state index in [0.717, 1.165) is 0 Å². The number of rotatable bonds is 2. The minimum absolute atomic E-state index is 0.177. The molecule has 0 amide bonds. The molecule has 0 radical (unpaired) electrons. The molecule has 2 aromatic carbocycles. The quantitative estimate of drug-likeness (QED) is 0.757. The van der Waals surface area contributed by atoms with Crippen LogP contribution in [0.15, 0.2) is 40.9 Å². The third-order valence-electron chi connectivity index (χ3n) is 2.64. The largest absolute Gasteiger partial charge is 0.288 e. The van der Waals surface area contributed by atoms with E-state index in [4.69, 9.17) is 0 Å². The predicted molar refractivity (Wildman–Crippen MR) is 68.7 cm³/mol. The van der Waals surface area contributed by atoms with Gasteiger partial charge in [0.15, 0.2) is 17.4 Å². The Morgan fingerprint density at radius 1 is 1.00 bits per heavy atom. The first-order valence-electron chi connectivity index (χ1n) is 5.26. The van der Waals surface area contributed by atoms with Crippen LogP contribution in [0.1, 0.15) is 21.5 Å². The molecule has 0 atom stereocenters. The smallest absolute Gasteiger partial charge is 0.197 e. The first-order valence-corrected chi connectivity index (χ1v) is 6.05. The second-order valence-corrected chi connectivity index (χ2v) is 4.72. The lowest BCUT2D eigenvalue weighted by molar-refractivity contribution is 0.103. The molecule has 0 heterocycles. The molecule has 0 spiro atoms. The van der Waals surface area contributed by atoms with E-state index in [2.05, 4.69) is 15.9 Å². The van der Waals surface area contributed by atoms with Crippen molar-refractivity contribution in [2.24, 2.45) is 0 Å². The molecule has 0 fully saturated rings. The fourth-order valence-corrected chi connectivity index (χ4v) is 2.08. The number of ketones is 1. The van der Waals surface area contributed by atoms with Crippen molar-refractivity contribution in [2.45, 2.75) is 6.92 Å². The predicted octanol–water partition coefficient (Wildman–Crippen LogP) is 4.27. The molecule has 0 aromatic heterocycles. The number of carbonyl (C=O) groups is 1. The fraction of sp³-hybridized carbons (Fsp3) is 0.0714. The van der Waals surface area contributed by atoms with Crippen molar-refractivity contribution in [1.29, 1.82) is 0 Å². The summed E-state index contributed by atoms with van der Waals surface area (Å²) in [6.07, 6.45) is 0. The highest BCUT2D eigenvalue weighted by Gasteiger charge is 2.19. The maximum absolute atomic E-state index is 13.7. The fourth-order valence-electron chi connectivity index (χ4n) is 1.61. The Morgan fingerprint density at radius 2 is 1.67 bits per heavy atom. The SMILES string of the molecule is Cc1ccc(C(=O)c2ccccc2Br)c(F)c1F. The molecule has 0 unspecified atom stereocenters. The average molecular weight is 311 g/mol. The normalized spacial score (nSPS) is 10.4. The molecule has 0 bridgehead atoms. The molecule has 0 saturated carbocycles. The highest BCUT2D eigenvalue weighted by Crippen LogP contribution is 2.23. The van der Waals surface area contributed by atoms with Gasteiger partial charge >= 0.3 is 0 Å². The van der Waals surface area contributed by atoms with E-state index in [-0.39, 0.29) is 11.1 Å². The number of carbonyl (C=O) groups excluding carboxylic acids is 1. The number of benzene rings is 2. The van der Waals surface area contributed by atoms with Gasteiger partial charge in [0.05, 0.1) is 5.56 Å². The number of hydrogen-bond acceptors (Lipinski definition) is 1. The molecule has 2 aromatic rings. The van der Waals surface area contributed by atoms with Gasteiger partial charge in [-0.2, -0.15) is 0 Å². The van der Waals surface area contributed by atoms with E-state index in [1.165, 1.54) is 19.1 Å². The topological polar surface area (TPSA) is 17.1 Å². The molecular weight excluding hydrogens is 302 g/mol. The molecule has 1 nitrogen and oxygen atoms in total. The van der Waals surface area contributed by atoms with Gasteiger partial charge in [-0.3, -0.25) is 4.79 Å². The van der Waals surface area contributed by atoms with Crippen LogP contribution in [-0.4, -0.2) is 5.78 Å². The Labute approximate surface area is 112 Å². The van der Waals surface area contributed by atoms with E-state index < -0.39 is 17.4 Å². The highest BCUT2D eigenvalue weighted by atomic mass is 79.9. The van der Waals surface area contributed by atoms with Crippen LogP contribution < -0.4 is 0 Å². The van der Waals surface area contributed by atoms with Crippen molar-refractivity contribution in [3.8, 4) is 0 Å². The molecule has 0 aliphatic heterocycles. The lowest BCUT2D eigenvalue weighted by Crippen LogP contribution is -2.07. The van der Waals surface area contributed by atoms with Crippen LogP contribution >= 0.6 is 15.9 Å². The molecular formula is C14H9BrF2O. The number of hydrogen-bond donors (Lipinski definition) is 0. The van der Waals surface area contributed by atoms with Gasteiger partial charge in [0.1, 0.15) is 0 Å². The number of aryl methyl sites for hydroxylation is 1. The second kappa shape index (κ2) is 4.98. The van der Waals surface area contributed by atoms with Gasteiger partial charge in [-0.15, -0.1) is 0 Å². The van der Waals surface area contributed by atoms with Gasteiger partial charge in [-0.25, -0.2) is 8.78 Å². The van der Waals surface area contributed by atoms with Crippen LogP contribution in [0.5, 0.6) is 0 Å². The Bertz CT molecular complexity index is 623. The minimum Gasteiger partial charge on any atom is -0.288 e. The van der Waals surface area contributed by atoms with Gasteiger partial charge in [0, 0.05) is 10.0 Å². The number of halogens is 3. The standard InChI is InChI=1S/C14H9BrF2O/c1-8-6-7-10(13(17)12(8)16)14(18)9-4-2-3-5-11(9)15/h2-7H,1H3. The Balaban J connectivity index is 2.54. The molecule has 0 N–H and O–H groups in total. The summed E-state index contributed by atoms with van der Waals surface area (Å²) < 4.78 is 27.7. The summed E-state index contributed by atoms with van der Waals surface area (Å²) in [6.45, 7) is 1.45. The van der Waals surface area contributed by atoms with Crippen molar-refractivity contribution < 1.29 is 13.6 Å². The molecule has 2 rings (SSSR count). The van der Waals surface area contributed by atoms with Crippen molar-refractivity contribution in [2.75, 3.05) is 0 Å². The van der Waals surface area contributed by atoms with Crippen LogP contribution in [0, 0.1) is 18.6 Å². The summed E-state index contributed by atoms with van der Waals surface area (Å²) in [4.78, 5) is 12.1. The van der Waals surface area contributed by atoms with Gasteiger partial charge in [0.2, 0.25) is 0 Å². The van der Waals surface area contributed by atoms with Crippen molar-refractivity contribution in [3.63, 3.8) is 0 Å². The van der Waals surface area contributed by atoms with Gasteiger partial charge in [-0.1, -0.05) is 34.1 Å². The zero-order valence-electron chi connectivity index (χ0n) is 9.51. The Morgan fingerprint density at radius 3 is 2.33 bits per heavy atom. The summed E-state index contributed by atoms with van der Waals surface area (Å²) in [5.74, 6) is -2.62. The van der Waals surface area contributed by atoms with Gasteiger partial charge < -0.3 is 0 Å². The first-order chi connectivity index (χ1) is 8.52.